The van der Waals surface area contributed by atoms with Gasteiger partial charge in [0.2, 0.25) is 0 Å². The van der Waals surface area contributed by atoms with Gasteiger partial charge in [-0.1, -0.05) is 55.1 Å². The van der Waals surface area contributed by atoms with Crippen molar-refractivity contribution in [3.05, 3.63) is 72.8 Å². The van der Waals surface area contributed by atoms with Gasteiger partial charge in [0.25, 0.3) is 0 Å². The second-order valence-electron chi connectivity index (χ2n) is 3.77. The van der Waals surface area contributed by atoms with Gasteiger partial charge in [-0.05, 0) is 23.3 Å². The van der Waals surface area contributed by atoms with E-state index in [-0.39, 0.29) is 0 Å². The zero-order valence-electron chi connectivity index (χ0n) is 9.50. The van der Waals surface area contributed by atoms with Crippen LogP contribution in [0.1, 0.15) is 5.56 Å². The van der Waals surface area contributed by atoms with Crippen molar-refractivity contribution in [1.82, 2.24) is 0 Å². The number of rotatable bonds is 4. The van der Waals surface area contributed by atoms with E-state index in [1.54, 1.807) is 0 Å². The van der Waals surface area contributed by atoms with Gasteiger partial charge in [-0.3, -0.25) is 4.21 Å². The summed E-state index contributed by atoms with van der Waals surface area (Å²) < 4.78 is 12.1. The first-order chi connectivity index (χ1) is 8.27. The molecule has 2 aromatic rings. The topological polar surface area (TPSA) is 17.1 Å². The highest BCUT2D eigenvalue weighted by atomic mass is 32.2. The molecule has 0 saturated carbocycles. The van der Waals surface area contributed by atoms with Crippen molar-refractivity contribution in [1.29, 1.82) is 0 Å². The molecule has 0 spiro atoms. The average molecular weight is 242 g/mol. The minimum absolute atomic E-state index is 0.480. The SMILES string of the molecule is C=C(CS(=O)c1ccccc1)c1ccccc1. The second kappa shape index (κ2) is 5.60. The van der Waals surface area contributed by atoms with Crippen LogP contribution in [0.5, 0.6) is 0 Å². The molecule has 2 heteroatoms. The fourth-order valence-electron chi connectivity index (χ4n) is 1.57. The molecule has 0 bridgehead atoms. The summed E-state index contributed by atoms with van der Waals surface area (Å²) in [7, 11) is -1.01. The summed E-state index contributed by atoms with van der Waals surface area (Å²) in [5.41, 5.74) is 1.96. The molecule has 0 amide bonds. The summed E-state index contributed by atoms with van der Waals surface area (Å²) in [6.45, 7) is 4.00. The number of benzene rings is 2. The molecule has 0 aliphatic heterocycles. The third kappa shape index (κ3) is 3.14. The van der Waals surface area contributed by atoms with Crippen LogP contribution >= 0.6 is 0 Å². The van der Waals surface area contributed by atoms with Crippen LogP contribution < -0.4 is 0 Å². The Morgan fingerprint density at radius 3 is 2.06 bits per heavy atom. The zero-order valence-corrected chi connectivity index (χ0v) is 10.3. The minimum Gasteiger partial charge on any atom is -0.254 e. The average Bonchev–Trinajstić information content (AvgIpc) is 2.40. The van der Waals surface area contributed by atoms with E-state index in [1.807, 2.05) is 60.7 Å². The van der Waals surface area contributed by atoms with Gasteiger partial charge in [0.05, 0.1) is 16.6 Å². The smallest absolute Gasteiger partial charge is 0.0574 e. The van der Waals surface area contributed by atoms with Crippen LogP contribution in [-0.2, 0) is 10.8 Å². The molecule has 0 heterocycles. The van der Waals surface area contributed by atoms with Gasteiger partial charge >= 0.3 is 0 Å². The summed E-state index contributed by atoms with van der Waals surface area (Å²) in [5.74, 6) is 0.480. The van der Waals surface area contributed by atoms with Gasteiger partial charge in [0.15, 0.2) is 0 Å². The third-order valence-electron chi connectivity index (χ3n) is 2.49. The predicted octanol–water partition coefficient (Wildman–Crippen LogP) is 3.51. The maximum Gasteiger partial charge on any atom is 0.0574 e. The number of hydrogen-bond acceptors (Lipinski definition) is 1. The normalized spacial score (nSPS) is 12.0. The number of hydrogen-bond donors (Lipinski definition) is 0. The molecule has 0 saturated heterocycles. The Kier molecular flexibility index (Phi) is 3.89. The molecule has 0 aromatic heterocycles. The molecule has 1 atom stereocenters. The highest BCUT2D eigenvalue weighted by molar-refractivity contribution is 7.85. The molecule has 0 N–H and O–H groups in total. The summed E-state index contributed by atoms with van der Waals surface area (Å²) in [4.78, 5) is 0.851. The van der Waals surface area contributed by atoms with Crippen LogP contribution in [0, 0.1) is 0 Å². The van der Waals surface area contributed by atoms with E-state index in [9.17, 15) is 4.21 Å². The Morgan fingerprint density at radius 1 is 0.941 bits per heavy atom. The van der Waals surface area contributed by atoms with Crippen molar-refractivity contribution in [2.45, 2.75) is 4.90 Å². The molecule has 2 rings (SSSR count). The first-order valence-corrected chi connectivity index (χ1v) is 6.76. The van der Waals surface area contributed by atoms with Crippen LogP contribution in [0.25, 0.3) is 5.57 Å². The summed E-state index contributed by atoms with van der Waals surface area (Å²) in [5, 5.41) is 0. The van der Waals surface area contributed by atoms with Crippen LogP contribution in [0.3, 0.4) is 0 Å². The summed E-state index contributed by atoms with van der Waals surface area (Å²) in [6, 6.07) is 19.4. The standard InChI is InChI=1S/C15H14OS/c1-13(14-8-4-2-5-9-14)12-17(16)15-10-6-3-7-11-15/h2-11H,1,12H2. The molecular formula is C15H14OS. The fourth-order valence-corrected chi connectivity index (χ4v) is 2.68. The maximum atomic E-state index is 12.1. The molecule has 17 heavy (non-hydrogen) atoms. The van der Waals surface area contributed by atoms with E-state index in [4.69, 9.17) is 0 Å². The van der Waals surface area contributed by atoms with Gasteiger partial charge in [-0.25, -0.2) is 0 Å². The first kappa shape index (κ1) is 11.8. The van der Waals surface area contributed by atoms with E-state index < -0.39 is 10.8 Å². The predicted molar refractivity (Wildman–Crippen MR) is 73.2 cm³/mol. The first-order valence-electron chi connectivity index (χ1n) is 5.44. The van der Waals surface area contributed by atoms with E-state index in [2.05, 4.69) is 6.58 Å². The van der Waals surface area contributed by atoms with E-state index >= 15 is 0 Å². The van der Waals surface area contributed by atoms with Crippen molar-refractivity contribution in [2.75, 3.05) is 5.75 Å². The van der Waals surface area contributed by atoms with Crippen LogP contribution in [-0.4, -0.2) is 9.96 Å². The maximum absolute atomic E-state index is 12.1. The molecule has 0 aliphatic rings. The van der Waals surface area contributed by atoms with Crippen LogP contribution in [0.15, 0.2) is 72.1 Å². The van der Waals surface area contributed by atoms with Crippen molar-refractivity contribution < 1.29 is 4.21 Å². The lowest BCUT2D eigenvalue weighted by Crippen LogP contribution is -1.99. The minimum atomic E-state index is -1.01. The molecule has 86 valence electrons. The van der Waals surface area contributed by atoms with Gasteiger partial charge in [0, 0.05) is 4.90 Å². The van der Waals surface area contributed by atoms with Crippen molar-refractivity contribution in [2.24, 2.45) is 0 Å². The largest absolute Gasteiger partial charge is 0.254 e. The highest BCUT2D eigenvalue weighted by Gasteiger charge is 2.06. The van der Waals surface area contributed by atoms with Crippen molar-refractivity contribution >= 4 is 16.4 Å². The molecule has 1 nitrogen and oxygen atoms in total. The molecule has 0 aliphatic carbocycles. The monoisotopic (exact) mass is 242 g/mol. The van der Waals surface area contributed by atoms with Gasteiger partial charge in [-0.2, -0.15) is 0 Å². The Morgan fingerprint density at radius 2 is 1.47 bits per heavy atom. The Balaban J connectivity index is 2.08. The molecular weight excluding hydrogens is 228 g/mol. The van der Waals surface area contributed by atoms with Crippen molar-refractivity contribution in [3.63, 3.8) is 0 Å². The van der Waals surface area contributed by atoms with Crippen LogP contribution in [0.2, 0.25) is 0 Å². The molecule has 0 radical (unpaired) electrons. The highest BCUT2D eigenvalue weighted by Crippen LogP contribution is 2.16. The van der Waals surface area contributed by atoms with Gasteiger partial charge in [0.1, 0.15) is 0 Å². The van der Waals surface area contributed by atoms with Gasteiger partial charge in [-0.15, -0.1) is 0 Å². The lowest BCUT2D eigenvalue weighted by Gasteiger charge is -2.06. The molecule has 2 aromatic carbocycles. The molecule has 0 fully saturated rings. The van der Waals surface area contributed by atoms with Crippen LogP contribution in [0.4, 0.5) is 0 Å². The van der Waals surface area contributed by atoms with E-state index in [1.165, 1.54) is 0 Å². The Bertz CT molecular complexity index is 468. The quantitative estimate of drug-likeness (QED) is 0.802. The fraction of sp³-hybridized carbons (Fsp3) is 0.0667. The Labute approximate surface area is 104 Å². The second-order valence-corrected chi connectivity index (χ2v) is 5.22. The molecule has 1 unspecified atom stereocenters. The lowest BCUT2D eigenvalue weighted by molar-refractivity contribution is 0.685. The zero-order chi connectivity index (χ0) is 12.1. The van der Waals surface area contributed by atoms with Gasteiger partial charge < -0.3 is 0 Å². The third-order valence-corrected chi connectivity index (χ3v) is 3.90. The van der Waals surface area contributed by atoms with E-state index in [0.717, 1.165) is 16.0 Å². The summed E-state index contributed by atoms with van der Waals surface area (Å²) in [6.07, 6.45) is 0. The van der Waals surface area contributed by atoms with E-state index in [0.29, 0.717) is 5.75 Å². The Hall–Kier alpha value is -1.67. The summed E-state index contributed by atoms with van der Waals surface area (Å²) >= 11 is 0. The lowest BCUT2D eigenvalue weighted by atomic mass is 10.1. The van der Waals surface area contributed by atoms with Crippen molar-refractivity contribution in [3.8, 4) is 0 Å².